The van der Waals surface area contributed by atoms with Crippen molar-refractivity contribution in [3.8, 4) is 28.7 Å². The van der Waals surface area contributed by atoms with Gasteiger partial charge in [0.05, 0.1) is 21.3 Å². The van der Waals surface area contributed by atoms with E-state index in [2.05, 4.69) is 0 Å². The van der Waals surface area contributed by atoms with Crippen LogP contribution in [0.5, 0.6) is 28.7 Å². The number of hydrogen-bond acceptors (Lipinski definition) is 10. The van der Waals surface area contributed by atoms with Crippen LogP contribution in [0.4, 0.5) is 0 Å². The summed E-state index contributed by atoms with van der Waals surface area (Å²) in [5.74, 6) is 0.667. The first kappa shape index (κ1) is 32.0. The second kappa shape index (κ2) is 16.0. The Bertz CT molecular complexity index is 1100. The van der Waals surface area contributed by atoms with Crippen LogP contribution in [0.1, 0.15) is 5.56 Å². The van der Waals surface area contributed by atoms with E-state index < -0.39 is 25.4 Å². The maximum atomic E-state index is 12.7. The van der Waals surface area contributed by atoms with Gasteiger partial charge in [-0.05, 0) is 0 Å². The molecule has 12 heteroatoms. The fourth-order valence-corrected chi connectivity index (χ4v) is 11.3. The van der Waals surface area contributed by atoms with Crippen molar-refractivity contribution in [3.63, 3.8) is 0 Å². The molecule has 0 saturated heterocycles. The van der Waals surface area contributed by atoms with Gasteiger partial charge in [-0.15, -0.1) is 0 Å². The van der Waals surface area contributed by atoms with Gasteiger partial charge in [0.1, 0.15) is 5.75 Å². The van der Waals surface area contributed by atoms with Crippen LogP contribution < -0.4 is 29.4 Å². The molecule has 11 nitrogen and oxygen atoms in total. The summed E-state index contributed by atoms with van der Waals surface area (Å²) < 4.78 is 27.4. The summed E-state index contributed by atoms with van der Waals surface area (Å²) in [6.45, 7) is -0.519. The molecule has 0 bridgehead atoms. The number of primary amides is 1. The first-order chi connectivity index (χ1) is 18.7. The Labute approximate surface area is 230 Å². The van der Waals surface area contributed by atoms with Crippen molar-refractivity contribution in [2.45, 2.75) is 20.8 Å². The summed E-state index contributed by atoms with van der Waals surface area (Å²) >= 11 is -3.06. The SMILES string of the molecule is COc1cc(OC)c(/C=C(/COc2cccc(OC(=O)C[AsH](CCO)(CCO)CCO)c2)C(N)=O)c(OC)c1. The Morgan fingerprint density at radius 3 is 1.90 bits per heavy atom. The standard InChI is InChI=1S/C27H38AsNO10/c1-35-22-15-24(36-2)23(25(16-22)37-3)13-19(27(29)34)18-38-20-5-4-6-21(14-20)39-26(33)17-28(7-10-30,8-11-31)9-12-32/h4-6,13-16,28,30-32H,7-12,17-18H2,1-3H3,(H2,29,34)/b19-13-. The van der Waals surface area contributed by atoms with Gasteiger partial charge in [-0.3, -0.25) is 0 Å². The summed E-state index contributed by atoms with van der Waals surface area (Å²) in [6.07, 6.45) is 1.51. The van der Waals surface area contributed by atoms with Gasteiger partial charge in [0.15, 0.2) is 0 Å². The summed E-state index contributed by atoms with van der Waals surface area (Å²) in [5, 5.41) is 29.8. The maximum absolute atomic E-state index is 12.7. The number of hydrogen-bond donors (Lipinski definition) is 4. The Morgan fingerprint density at radius 2 is 1.41 bits per heavy atom. The Balaban J connectivity index is 2.20. The third kappa shape index (κ3) is 9.47. The van der Waals surface area contributed by atoms with Crippen molar-refractivity contribution in [2.75, 3.05) is 47.8 Å². The van der Waals surface area contributed by atoms with E-state index in [0.29, 0.717) is 44.2 Å². The first-order valence-corrected chi connectivity index (χ1v) is 18.2. The van der Waals surface area contributed by atoms with Crippen molar-refractivity contribution >= 4 is 31.5 Å². The van der Waals surface area contributed by atoms with Crippen LogP contribution >= 0.6 is 0 Å². The molecule has 39 heavy (non-hydrogen) atoms. The molecular weight excluding hydrogens is 573 g/mol. The van der Waals surface area contributed by atoms with E-state index >= 15 is 0 Å². The normalized spacial score (nSPS) is 12.0. The van der Waals surface area contributed by atoms with E-state index in [1.165, 1.54) is 33.5 Å². The van der Waals surface area contributed by atoms with Crippen LogP contribution in [0.25, 0.3) is 6.08 Å². The van der Waals surface area contributed by atoms with Gasteiger partial charge < -0.3 is 14.2 Å². The minimum Gasteiger partial charge on any atom is -0.496 e. The molecule has 5 N–H and O–H groups in total. The molecule has 0 heterocycles. The van der Waals surface area contributed by atoms with E-state index in [9.17, 15) is 24.9 Å². The van der Waals surface area contributed by atoms with Crippen LogP contribution in [0.3, 0.4) is 0 Å². The third-order valence-electron chi connectivity index (χ3n) is 6.27. The van der Waals surface area contributed by atoms with Gasteiger partial charge in [-0.25, -0.2) is 0 Å². The van der Waals surface area contributed by atoms with Gasteiger partial charge in [-0.1, -0.05) is 0 Å². The number of methoxy groups -OCH3 is 3. The molecule has 0 fully saturated rings. The zero-order valence-electron chi connectivity index (χ0n) is 22.5. The molecule has 0 aliphatic rings. The molecule has 0 unspecified atom stereocenters. The van der Waals surface area contributed by atoms with E-state index in [4.69, 9.17) is 29.4 Å². The van der Waals surface area contributed by atoms with Crippen molar-refractivity contribution in [1.29, 1.82) is 0 Å². The molecule has 0 atom stereocenters. The molecule has 0 spiro atoms. The van der Waals surface area contributed by atoms with Crippen LogP contribution in [0.2, 0.25) is 20.8 Å². The number of carbonyl (C=O) groups is 2. The number of ether oxygens (including phenoxy) is 5. The van der Waals surface area contributed by atoms with Crippen molar-refractivity contribution in [2.24, 2.45) is 5.73 Å². The monoisotopic (exact) mass is 611 g/mol. The zero-order chi connectivity index (χ0) is 28.8. The van der Waals surface area contributed by atoms with Crippen LogP contribution in [0.15, 0.2) is 42.0 Å². The molecule has 216 valence electrons. The smallest absolute Gasteiger partial charge is 0.496 e. The van der Waals surface area contributed by atoms with Crippen molar-refractivity contribution < 1.29 is 48.6 Å². The quantitative estimate of drug-likeness (QED) is 0.0895. The summed E-state index contributed by atoms with van der Waals surface area (Å²) in [5.41, 5.74) is 6.21. The van der Waals surface area contributed by atoms with E-state index in [0.717, 1.165) is 0 Å². The molecule has 0 aliphatic carbocycles. The van der Waals surface area contributed by atoms with Gasteiger partial charge in [0, 0.05) is 12.1 Å². The van der Waals surface area contributed by atoms with E-state index in [1.54, 1.807) is 30.3 Å². The fourth-order valence-electron chi connectivity index (χ4n) is 4.15. The van der Waals surface area contributed by atoms with E-state index in [1.807, 2.05) is 0 Å². The molecule has 2 aromatic carbocycles. The summed E-state index contributed by atoms with van der Waals surface area (Å²) in [6, 6.07) is 9.64. The number of esters is 1. The van der Waals surface area contributed by atoms with Crippen LogP contribution in [-0.4, -0.2) is 88.5 Å². The number of amides is 1. The first-order valence-electron chi connectivity index (χ1n) is 12.3. The Morgan fingerprint density at radius 1 is 0.846 bits per heavy atom. The number of nitrogens with two attached hydrogens (primary N) is 1. The fraction of sp³-hybridized carbons (Fsp3) is 0.407. The third-order valence-corrected chi connectivity index (χ3v) is 16.5. The van der Waals surface area contributed by atoms with Crippen molar-refractivity contribution in [1.82, 2.24) is 0 Å². The Hall–Kier alpha value is -3.24. The molecule has 1 amide bonds. The predicted molar refractivity (Wildman–Crippen MR) is 148 cm³/mol. The van der Waals surface area contributed by atoms with Gasteiger partial charge in [0.25, 0.3) is 0 Å². The number of aliphatic hydroxyl groups is 3. The molecule has 0 aliphatic heterocycles. The molecule has 2 rings (SSSR count). The van der Waals surface area contributed by atoms with Crippen molar-refractivity contribution in [3.05, 3.63) is 47.5 Å². The molecular formula is C27H38AsNO10. The van der Waals surface area contributed by atoms with Crippen LogP contribution in [0, 0.1) is 0 Å². The molecule has 0 aromatic heterocycles. The number of benzene rings is 2. The second-order valence-corrected chi connectivity index (χ2v) is 19.0. The minimum absolute atomic E-state index is 0.0901. The van der Waals surface area contributed by atoms with Gasteiger partial charge >= 0.3 is 177 Å². The van der Waals surface area contributed by atoms with Crippen LogP contribution in [-0.2, 0) is 9.59 Å². The molecule has 2 aromatic rings. The zero-order valence-corrected chi connectivity index (χ0v) is 24.6. The second-order valence-electron chi connectivity index (χ2n) is 8.81. The number of rotatable bonds is 17. The molecule has 0 radical (unpaired) electrons. The van der Waals surface area contributed by atoms with Gasteiger partial charge in [-0.2, -0.15) is 0 Å². The average Bonchev–Trinajstić information content (AvgIpc) is 2.91. The average molecular weight is 612 g/mol. The van der Waals surface area contributed by atoms with Gasteiger partial charge in [0.2, 0.25) is 0 Å². The summed E-state index contributed by atoms with van der Waals surface area (Å²) in [7, 11) is 4.46. The number of carbonyl (C=O) groups excluding carboxylic acids is 2. The summed E-state index contributed by atoms with van der Waals surface area (Å²) in [4.78, 5) is 24.9. The minimum atomic E-state index is -3.06. The predicted octanol–water partition coefficient (Wildman–Crippen LogP) is 1.72. The topological polar surface area (TPSA) is 167 Å². The molecule has 0 saturated carbocycles. The van der Waals surface area contributed by atoms with E-state index in [-0.39, 0.29) is 43.0 Å². The Kier molecular flexibility index (Phi) is 13.1. The number of aliphatic hydroxyl groups excluding tert-OH is 3.